The number of hydrogen-bond acceptors (Lipinski definition) is 1. The Morgan fingerprint density at radius 2 is 1.58 bits per heavy atom. The zero-order chi connectivity index (χ0) is 16.5. The van der Waals surface area contributed by atoms with Crippen LogP contribution < -0.4 is 9.30 Å². The minimum Gasteiger partial charge on any atom is -0.494 e. The molecule has 3 aromatic carbocycles. The van der Waals surface area contributed by atoms with E-state index >= 15 is 0 Å². The number of fused-ring (bicyclic) bond motifs is 3. The second kappa shape index (κ2) is 5.97. The van der Waals surface area contributed by atoms with Gasteiger partial charge in [-0.25, -0.2) is 0 Å². The Morgan fingerprint density at radius 3 is 2.38 bits per heavy atom. The van der Waals surface area contributed by atoms with Gasteiger partial charge in [-0.1, -0.05) is 24.3 Å². The Labute approximate surface area is 141 Å². The average molecular weight is 314 g/mol. The van der Waals surface area contributed by atoms with Crippen molar-refractivity contribution in [1.29, 1.82) is 0 Å². The second-order valence-electron chi connectivity index (χ2n) is 5.96. The molecule has 0 saturated heterocycles. The van der Waals surface area contributed by atoms with Crippen molar-refractivity contribution in [2.24, 2.45) is 0 Å². The number of aromatic nitrogens is 1. The van der Waals surface area contributed by atoms with Gasteiger partial charge in [-0.05, 0) is 42.0 Å². The summed E-state index contributed by atoms with van der Waals surface area (Å²) in [5.41, 5.74) is 3.58. The predicted octanol–water partition coefficient (Wildman–Crippen LogP) is 4.98. The minimum absolute atomic E-state index is 0.686. The van der Waals surface area contributed by atoms with E-state index in [1.54, 1.807) is 0 Å². The molecule has 0 aliphatic carbocycles. The summed E-state index contributed by atoms with van der Waals surface area (Å²) in [7, 11) is 0. The standard InChI is InChI=1S/C22H20NO/c1-3-24-19-12-10-18(11-13-19)23-16(2)8-14-21-20-7-5-4-6-17(20)9-15-22(21)23/h4-15H,3H2,1-2H3/q+1. The molecule has 24 heavy (non-hydrogen) atoms. The smallest absolute Gasteiger partial charge is 0.219 e. The van der Waals surface area contributed by atoms with Crippen LogP contribution in [0, 0.1) is 6.92 Å². The number of pyridine rings is 1. The van der Waals surface area contributed by atoms with Crippen LogP contribution in [0.4, 0.5) is 0 Å². The molecule has 0 aliphatic heterocycles. The lowest BCUT2D eigenvalue weighted by Crippen LogP contribution is -2.35. The SMILES string of the molecule is CCOc1ccc(-[n+]2c(C)ccc3c4ccccc4ccc32)cc1. The normalized spacial score (nSPS) is 11.1. The number of aryl methyl sites for hydroxylation is 1. The molecule has 0 unspecified atom stereocenters. The van der Waals surface area contributed by atoms with Crippen molar-refractivity contribution in [3.63, 3.8) is 0 Å². The van der Waals surface area contributed by atoms with E-state index in [2.05, 4.69) is 72.2 Å². The van der Waals surface area contributed by atoms with Crippen molar-refractivity contribution in [3.05, 3.63) is 78.5 Å². The van der Waals surface area contributed by atoms with E-state index in [4.69, 9.17) is 4.74 Å². The minimum atomic E-state index is 0.686. The van der Waals surface area contributed by atoms with Gasteiger partial charge in [0.15, 0.2) is 5.69 Å². The molecule has 0 bridgehead atoms. The Balaban J connectivity index is 1.97. The summed E-state index contributed by atoms with van der Waals surface area (Å²) in [6, 6.07) is 25.7. The van der Waals surface area contributed by atoms with E-state index < -0.39 is 0 Å². The summed E-state index contributed by atoms with van der Waals surface area (Å²) in [4.78, 5) is 0. The van der Waals surface area contributed by atoms with Crippen LogP contribution in [0.5, 0.6) is 5.75 Å². The van der Waals surface area contributed by atoms with Crippen molar-refractivity contribution < 1.29 is 9.30 Å². The first-order chi connectivity index (χ1) is 11.8. The Hall–Kier alpha value is -2.87. The molecule has 118 valence electrons. The molecular formula is C22H20NO+. The zero-order valence-electron chi connectivity index (χ0n) is 14.0. The summed E-state index contributed by atoms with van der Waals surface area (Å²) in [6.07, 6.45) is 0. The molecule has 4 aromatic rings. The van der Waals surface area contributed by atoms with E-state index in [1.807, 2.05) is 19.1 Å². The molecule has 0 radical (unpaired) electrons. The van der Waals surface area contributed by atoms with E-state index in [0.29, 0.717) is 6.61 Å². The number of rotatable bonds is 3. The molecule has 1 heterocycles. The third-order valence-electron chi connectivity index (χ3n) is 4.44. The lowest BCUT2D eigenvalue weighted by atomic mass is 10.0. The van der Waals surface area contributed by atoms with Gasteiger partial charge < -0.3 is 4.74 Å². The Bertz CT molecular complexity index is 1020. The maximum Gasteiger partial charge on any atom is 0.219 e. The highest BCUT2D eigenvalue weighted by atomic mass is 16.5. The molecule has 0 spiro atoms. The number of ether oxygens (including phenoxy) is 1. The Kier molecular flexibility index (Phi) is 3.66. The largest absolute Gasteiger partial charge is 0.494 e. The molecule has 0 atom stereocenters. The summed E-state index contributed by atoms with van der Waals surface area (Å²) in [5, 5.41) is 3.83. The van der Waals surface area contributed by atoms with Crippen molar-refractivity contribution in [3.8, 4) is 11.4 Å². The van der Waals surface area contributed by atoms with Gasteiger partial charge in [-0.15, -0.1) is 0 Å². The van der Waals surface area contributed by atoms with Gasteiger partial charge in [-0.2, -0.15) is 4.57 Å². The highest BCUT2D eigenvalue weighted by molar-refractivity contribution is 6.05. The van der Waals surface area contributed by atoms with Crippen LogP contribution in [0.3, 0.4) is 0 Å². The summed E-state index contributed by atoms with van der Waals surface area (Å²) in [6.45, 7) is 4.83. The predicted molar refractivity (Wildman–Crippen MR) is 98.9 cm³/mol. The first-order valence-electron chi connectivity index (χ1n) is 8.34. The molecular weight excluding hydrogens is 294 g/mol. The third kappa shape index (κ3) is 2.41. The zero-order valence-corrected chi connectivity index (χ0v) is 14.0. The molecule has 0 amide bonds. The van der Waals surface area contributed by atoms with E-state index in [-0.39, 0.29) is 0 Å². The molecule has 0 aliphatic rings. The average Bonchev–Trinajstić information content (AvgIpc) is 2.62. The second-order valence-corrected chi connectivity index (χ2v) is 5.96. The van der Waals surface area contributed by atoms with Gasteiger partial charge in [0.1, 0.15) is 5.75 Å². The summed E-state index contributed by atoms with van der Waals surface area (Å²) >= 11 is 0. The van der Waals surface area contributed by atoms with E-state index in [9.17, 15) is 0 Å². The fraction of sp³-hybridized carbons (Fsp3) is 0.136. The molecule has 1 aromatic heterocycles. The van der Waals surface area contributed by atoms with Crippen molar-refractivity contribution in [2.75, 3.05) is 6.61 Å². The van der Waals surface area contributed by atoms with Crippen molar-refractivity contribution >= 4 is 21.7 Å². The maximum atomic E-state index is 5.56. The Morgan fingerprint density at radius 1 is 0.792 bits per heavy atom. The van der Waals surface area contributed by atoms with Gasteiger partial charge >= 0.3 is 0 Å². The first kappa shape index (κ1) is 14.7. The van der Waals surface area contributed by atoms with Crippen LogP contribution in [0.25, 0.3) is 27.4 Å². The fourth-order valence-corrected chi connectivity index (χ4v) is 3.32. The quantitative estimate of drug-likeness (QED) is 0.384. The van der Waals surface area contributed by atoms with Crippen LogP contribution >= 0.6 is 0 Å². The highest BCUT2D eigenvalue weighted by Crippen LogP contribution is 2.24. The molecule has 0 N–H and O–H groups in total. The molecule has 0 fully saturated rings. The van der Waals surface area contributed by atoms with Gasteiger partial charge in [0.05, 0.1) is 12.0 Å². The maximum absolute atomic E-state index is 5.56. The highest BCUT2D eigenvalue weighted by Gasteiger charge is 2.17. The van der Waals surface area contributed by atoms with Gasteiger partial charge in [0.2, 0.25) is 11.2 Å². The van der Waals surface area contributed by atoms with E-state index in [1.165, 1.54) is 27.4 Å². The van der Waals surface area contributed by atoms with Crippen molar-refractivity contribution in [2.45, 2.75) is 13.8 Å². The molecule has 2 heteroatoms. The van der Waals surface area contributed by atoms with Crippen LogP contribution in [-0.2, 0) is 0 Å². The van der Waals surface area contributed by atoms with Crippen LogP contribution in [-0.4, -0.2) is 6.61 Å². The fourth-order valence-electron chi connectivity index (χ4n) is 3.32. The molecule has 4 rings (SSSR count). The monoisotopic (exact) mass is 314 g/mol. The molecule has 0 saturated carbocycles. The number of benzene rings is 3. The van der Waals surface area contributed by atoms with Crippen LogP contribution in [0.1, 0.15) is 12.6 Å². The number of nitrogens with zero attached hydrogens (tertiary/aromatic N) is 1. The lowest BCUT2D eigenvalue weighted by molar-refractivity contribution is -0.574. The van der Waals surface area contributed by atoms with Crippen LogP contribution in [0.15, 0.2) is 72.8 Å². The summed E-state index contributed by atoms with van der Waals surface area (Å²) < 4.78 is 7.87. The molecule has 2 nitrogen and oxygen atoms in total. The lowest BCUT2D eigenvalue weighted by Gasteiger charge is -2.08. The first-order valence-corrected chi connectivity index (χ1v) is 8.34. The van der Waals surface area contributed by atoms with Crippen molar-refractivity contribution in [1.82, 2.24) is 0 Å². The van der Waals surface area contributed by atoms with E-state index in [0.717, 1.165) is 11.4 Å². The third-order valence-corrected chi connectivity index (χ3v) is 4.44. The topological polar surface area (TPSA) is 13.1 Å². The van der Waals surface area contributed by atoms with Gasteiger partial charge in [-0.3, -0.25) is 0 Å². The number of hydrogen-bond donors (Lipinski definition) is 0. The van der Waals surface area contributed by atoms with Gasteiger partial charge in [0, 0.05) is 31.2 Å². The summed E-state index contributed by atoms with van der Waals surface area (Å²) in [5.74, 6) is 0.908. The van der Waals surface area contributed by atoms with Crippen LogP contribution in [0.2, 0.25) is 0 Å². The van der Waals surface area contributed by atoms with Gasteiger partial charge in [0.25, 0.3) is 0 Å².